The van der Waals surface area contributed by atoms with Crippen LogP contribution in [0.4, 0.5) is 26.3 Å². The van der Waals surface area contributed by atoms with E-state index < -0.39 is 56.9 Å². The molecule has 0 aromatic carbocycles. The second-order valence-corrected chi connectivity index (χ2v) is 6.15. The topological polar surface area (TPSA) is 83.8 Å². The Bertz CT molecular complexity index is 414. The molecule has 0 aliphatic rings. The molecule has 1 atom stereocenters. The highest BCUT2D eigenvalue weighted by Gasteiger charge is 2.60. The van der Waals surface area contributed by atoms with Crippen molar-refractivity contribution in [1.29, 1.82) is 0 Å². The van der Waals surface area contributed by atoms with Crippen molar-refractivity contribution < 1.29 is 50.2 Å². The normalized spacial score (nSPS) is 16.4. The lowest BCUT2D eigenvalue weighted by atomic mass is 9.97. The lowest BCUT2D eigenvalue weighted by Gasteiger charge is -2.32. The average Bonchev–Trinajstić information content (AvgIpc) is 2.19. The molecule has 0 rings (SSSR count). The number of esters is 1. The number of hydrogen-bond acceptors (Lipinski definition) is 3. The van der Waals surface area contributed by atoms with Gasteiger partial charge in [0.15, 0.2) is 5.16 Å². The largest absolute Gasteiger partial charge is 0.465 e. The van der Waals surface area contributed by atoms with Crippen molar-refractivity contribution in [3.05, 3.63) is 0 Å². The third-order valence-corrected chi connectivity index (χ3v) is 4.21. The van der Waals surface area contributed by atoms with Crippen molar-refractivity contribution in [2.24, 2.45) is 0 Å². The molecule has 0 spiro atoms. The predicted molar refractivity (Wildman–Crippen MR) is 57.4 cm³/mol. The van der Waals surface area contributed by atoms with Gasteiger partial charge in [-0.2, -0.15) is 26.3 Å². The SMILES string of the molecule is CCOC(=O)C(CCC(F)(F)F)(CC(F)(F)F)P(=O)(O)O. The van der Waals surface area contributed by atoms with Crippen molar-refractivity contribution in [3.8, 4) is 0 Å². The Kier molecular flexibility index (Phi) is 6.28. The van der Waals surface area contributed by atoms with E-state index >= 15 is 0 Å². The Balaban J connectivity index is 5.75. The molecule has 1 unspecified atom stereocenters. The second kappa shape index (κ2) is 6.53. The van der Waals surface area contributed by atoms with Crippen LogP contribution in [0.5, 0.6) is 0 Å². The van der Waals surface area contributed by atoms with Gasteiger partial charge >= 0.3 is 25.9 Å². The quantitative estimate of drug-likeness (QED) is 0.439. The van der Waals surface area contributed by atoms with E-state index in [-0.39, 0.29) is 0 Å². The highest BCUT2D eigenvalue weighted by atomic mass is 31.2. The zero-order valence-electron chi connectivity index (χ0n) is 10.7. The third-order valence-electron chi connectivity index (χ3n) is 2.53. The Morgan fingerprint density at radius 3 is 1.81 bits per heavy atom. The summed E-state index contributed by atoms with van der Waals surface area (Å²) in [4.78, 5) is 29.6. The van der Waals surface area contributed by atoms with Crippen LogP contribution < -0.4 is 0 Å². The molecule has 2 N–H and O–H groups in total. The molecule has 0 saturated carbocycles. The summed E-state index contributed by atoms with van der Waals surface area (Å²) in [6, 6.07) is 0. The first-order valence-corrected chi connectivity index (χ1v) is 7.12. The van der Waals surface area contributed by atoms with Crippen LogP contribution in [0.3, 0.4) is 0 Å². The summed E-state index contributed by atoms with van der Waals surface area (Å²) >= 11 is 0. The summed E-state index contributed by atoms with van der Waals surface area (Å²) in [6.45, 7) is 0.601. The summed E-state index contributed by atoms with van der Waals surface area (Å²) < 4.78 is 89.4. The number of carbonyl (C=O) groups excluding carboxylic acids is 1. The van der Waals surface area contributed by atoms with Crippen LogP contribution in [-0.2, 0) is 14.1 Å². The van der Waals surface area contributed by atoms with Gasteiger partial charge in [0.2, 0.25) is 0 Å². The van der Waals surface area contributed by atoms with Crippen LogP contribution in [0.1, 0.15) is 26.2 Å². The molecule has 0 heterocycles. The zero-order chi connectivity index (χ0) is 17.1. The van der Waals surface area contributed by atoms with E-state index in [1.54, 1.807) is 0 Å². The fraction of sp³-hybridized carbons (Fsp3) is 0.889. The van der Waals surface area contributed by atoms with Crippen LogP contribution in [0.2, 0.25) is 0 Å². The first kappa shape index (κ1) is 20.2. The van der Waals surface area contributed by atoms with Gasteiger partial charge < -0.3 is 14.5 Å². The number of rotatable bonds is 6. The van der Waals surface area contributed by atoms with E-state index in [0.717, 1.165) is 6.92 Å². The number of alkyl halides is 6. The summed E-state index contributed by atoms with van der Waals surface area (Å²) in [6.07, 6.45) is -16.3. The summed E-state index contributed by atoms with van der Waals surface area (Å²) in [5.74, 6) is -2.00. The summed E-state index contributed by atoms with van der Waals surface area (Å²) in [5.41, 5.74) is 0. The van der Waals surface area contributed by atoms with Gasteiger partial charge in [0.1, 0.15) is 0 Å². The molecule has 0 amide bonds. The van der Waals surface area contributed by atoms with Crippen molar-refractivity contribution in [2.45, 2.75) is 43.7 Å². The standard InChI is InChI=1S/C9H13F6O5P/c1-2-20-6(16)7(21(17,18)19,5-9(13,14)15)3-4-8(10,11)12/h2-5H2,1H3,(H2,17,18,19). The molecule has 12 heteroatoms. The number of hydrogen-bond donors (Lipinski definition) is 2. The van der Waals surface area contributed by atoms with Crippen molar-refractivity contribution in [3.63, 3.8) is 0 Å². The first-order chi connectivity index (χ1) is 9.15. The van der Waals surface area contributed by atoms with Crippen molar-refractivity contribution in [2.75, 3.05) is 6.61 Å². The smallest absolute Gasteiger partial charge is 0.390 e. The fourth-order valence-corrected chi connectivity index (χ4v) is 2.67. The summed E-state index contributed by atoms with van der Waals surface area (Å²) in [7, 11) is -5.87. The van der Waals surface area contributed by atoms with Gasteiger partial charge in [0, 0.05) is 6.42 Å². The maximum Gasteiger partial charge on any atom is 0.390 e. The fourth-order valence-electron chi connectivity index (χ4n) is 1.58. The molecule has 21 heavy (non-hydrogen) atoms. The van der Waals surface area contributed by atoms with E-state index in [9.17, 15) is 35.7 Å². The maximum absolute atomic E-state index is 12.5. The van der Waals surface area contributed by atoms with Crippen LogP contribution in [-0.4, -0.2) is 39.9 Å². The minimum Gasteiger partial charge on any atom is -0.465 e. The lowest BCUT2D eigenvalue weighted by Crippen LogP contribution is -2.44. The van der Waals surface area contributed by atoms with Gasteiger partial charge in [-0.3, -0.25) is 9.36 Å². The lowest BCUT2D eigenvalue weighted by molar-refractivity contribution is -0.171. The molecule has 0 radical (unpaired) electrons. The molecule has 0 saturated heterocycles. The highest BCUT2D eigenvalue weighted by Crippen LogP contribution is 2.58. The Labute approximate surface area is 115 Å². The van der Waals surface area contributed by atoms with Crippen LogP contribution in [0, 0.1) is 0 Å². The molecule has 0 aliphatic heterocycles. The number of halogens is 6. The van der Waals surface area contributed by atoms with Crippen molar-refractivity contribution >= 4 is 13.6 Å². The van der Waals surface area contributed by atoms with E-state index in [1.807, 2.05) is 0 Å². The third kappa shape index (κ3) is 6.23. The van der Waals surface area contributed by atoms with Gasteiger partial charge in [-0.15, -0.1) is 0 Å². The minimum absolute atomic E-state index is 0.537. The molecule has 0 aliphatic carbocycles. The second-order valence-electron chi connectivity index (χ2n) is 4.20. The van der Waals surface area contributed by atoms with E-state index in [4.69, 9.17) is 9.79 Å². The van der Waals surface area contributed by atoms with Gasteiger partial charge in [0.05, 0.1) is 13.0 Å². The molecular weight excluding hydrogens is 333 g/mol. The maximum atomic E-state index is 12.5. The van der Waals surface area contributed by atoms with Crippen LogP contribution in [0.15, 0.2) is 0 Å². The van der Waals surface area contributed by atoms with Gasteiger partial charge in [0.25, 0.3) is 0 Å². The zero-order valence-corrected chi connectivity index (χ0v) is 11.6. The Hall–Kier alpha value is -0.800. The molecule has 0 aromatic heterocycles. The van der Waals surface area contributed by atoms with Crippen LogP contribution in [0.25, 0.3) is 0 Å². The predicted octanol–water partition coefficient (Wildman–Crippen LogP) is 2.76. The van der Waals surface area contributed by atoms with E-state index in [2.05, 4.69) is 4.74 Å². The molecule has 0 bridgehead atoms. The van der Waals surface area contributed by atoms with Crippen molar-refractivity contribution in [1.82, 2.24) is 0 Å². The van der Waals surface area contributed by atoms with Gasteiger partial charge in [-0.05, 0) is 13.3 Å². The average molecular weight is 346 g/mol. The minimum atomic E-state index is -5.87. The van der Waals surface area contributed by atoms with Crippen LogP contribution >= 0.6 is 7.60 Å². The summed E-state index contributed by atoms with van der Waals surface area (Å²) in [5, 5.41) is -3.60. The van der Waals surface area contributed by atoms with E-state index in [0.29, 0.717) is 0 Å². The first-order valence-electron chi connectivity index (χ1n) is 5.51. The molecule has 5 nitrogen and oxygen atoms in total. The number of carbonyl (C=O) groups is 1. The molecule has 0 aromatic rings. The van der Waals surface area contributed by atoms with Gasteiger partial charge in [-0.1, -0.05) is 0 Å². The van der Waals surface area contributed by atoms with Gasteiger partial charge in [-0.25, -0.2) is 0 Å². The number of ether oxygens (including phenoxy) is 1. The Morgan fingerprint density at radius 2 is 1.52 bits per heavy atom. The molecule has 126 valence electrons. The highest BCUT2D eigenvalue weighted by molar-refractivity contribution is 7.54. The molecule has 0 fully saturated rings. The molecular formula is C9H13F6O5P. The monoisotopic (exact) mass is 346 g/mol. The van der Waals surface area contributed by atoms with E-state index in [1.165, 1.54) is 0 Å². The Morgan fingerprint density at radius 1 is 1.05 bits per heavy atom.